The largest absolute Gasteiger partial charge is 0.478 e. The van der Waals surface area contributed by atoms with Gasteiger partial charge in [-0.05, 0) is 26.2 Å². The third-order valence-electron chi connectivity index (χ3n) is 2.40. The lowest BCUT2D eigenvalue weighted by atomic mass is 10.1. The standard InChI is InChI=1S/C11H20O2.C4H6O2/c1-4-7-8-9-10(5-2)13-11(12)6-3;1-3(2)4(5)6/h6,10H,3-5,7-9H2,1-2H3;1H2,2H3,(H,5,6). The van der Waals surface area contributed by atoms with Crippen molar-refractivity contribution < 1.29 is 19.4 Å². The highest BCUT2D eigenvalue weighted by Crippen LogP contribution is 2.10. The van der Waals surface area contributed by atoms with E-state index in [-0.39, 0.29) is 17.6 Å². The predicted molar refractivity (Wildman–Crippen MR) is 77.0 cm³/mol. The highest BCUT2D eigenvalue weighted by atomic mass is 16.5. The Hall–Kier alpha value is -1.58. The molecule has 0 fully saturated rings. The number of ether oxygens (including phenoxy) is 1. The molecule has 0 heterocycles. The zero-order valence-corrected chi connectivity index (χ0v) is 12.3. The molecule has 4 nitrogen and oxygen atoms in total. The Morgan fingerprint density at radius 1 is 1.32 bits per heavy atom. The van der Waals surface area contributed by atoms with E-state index in [9.17, 15) is 9.59 Å². The number of unbranched alkanes of at least 4 members (excludes halogenated alkanes) is 2. The number of carbonyl (C=O) groups is 2. The second-order valence-corrected chi connectivity index (χ2v) is 4.25. The first-order valence-electron chi connectivity index (χ1n) is 6.60. The summed E-state index contributed by atoms with van der Waals surface area (Å²) >= 11 is 0. The molecule has 19 heavy (non-hydrogen) atoms. The van der Waals surface area contributed by atoms with Crippen molar-refractivity contribution in [2.45, 2.75) is 59.0 Å². The Bertz CT molecular complexity index is 283. The molecule has 0 saturated carbocycles. The topological polar surface area (TPSA) is 63.6 Å². The monoisotopic (exact) mass is 270 g/mol. The van der Waals surface area contributed by atoms with Crippen LogP contribution < -0.4 is 0 Å². The van der Waals surface area contributed by atoms with Gasteiger partial charge in [-0.2, -0.15) is 0 Å². The number of hydrogen-bond acceptors (Lipinski definition) is 3. The molecule has 0 aliphatic rings. The molecular formula is C15H26O4. The maximum atomic E-state index is 10.9. The first-order valence-corrected chi connectivity index (χ1v) is 6.60. The summed E-state index contributed by atoms with van der Waals surface area (Å²) in [6.07, 6.45) is 6.72. The van der Waals surface area contributed by atoms with Gasteiger partial charge >= 0.3 is 11.9 Å². The number of aliphatic carboxylic acids is 1. The van der Waals surface area contributed by atoms with Gasteiger partial charge in [-0.1, -0.05) is 39.8 Å². The highest BCUT2D eigenvalue weighted by Gasteiger charge is 2.08. The van der Waals surface area contributed by atoms with Crippen LogP contribution in [0.4, 0.5) is 0 Å². The fraction of sp³-hybridized carbons (Fsp3) is 0.600. The smallest absolute Gasteiger partial charge is 0.330 e. The molecule has 1 atom stereocenters. The van der Waals surface area contributed by atoms with E-state index >= 15 is 0 Å². The lowest BCUT2D eigenvalue weighted by Crippen LogP contribution is -2.15. The molecule has 1 N–H and O–H groups in total. The molecule has 0 saturated heterocycles. The minimum absolute atomic E-state index is 0.0806. The lowest BCUT2D eigenvalue weighted by molar-refractivity contribution is -0.143. The van der Waals surface area contributed by atoms with Crippen LogP contribution in [0.5, 0.6) is 0 Å². The summed E-state index contributed by atoms with van der Waals surface area (Å²) in [5, 5.41) is 7.89. The van der Waals surface area contributed by atoms with Gasteiger partial charge in [-0.15, -0.1) is 0 Å². The summed E-state index contributed by atoms with van der Waals surface area (Å²) < 4.78 is 5.14. The van der Waals surface area contributed by atoms with E-state index < -0.39 is 5.97 Å². The Balaban J connectivity index is 0. The van der Waals surface area contributed by atoms with Gasteiger partial charge in [-0.25, -0.2) is 9.59 Å². The van der Waals surface area contributed by atoms with E-state index in [1.165, 1.54) is 25.8 Å². The molecule has 4 heteroatoms. The van der Waals surface area contributed by atoms with Crippen molar-refractivity contribution in [3.63, 3.8) is 0 Å². The quantitative estimate of drug-likeness (QED) is 0.415. The van der Waals surface area contributed by atoms with E-state index in [1.807, 2.05) is 6.92 Å². The fourth-order valence-corrected chi connectivity index (χ4v) is 1.18. The molecule has 0 radical (unpaired) electrons. The molecule has 1 unspecified atom stereocenters. The minimum Gasteiger partial charge on any atom is -0.478 e. The molecule has 0 amide bonds. The van der Waals surface area contributed by atoms with Crippen molar-refractivity contribution in [1.82, 2.24) is 0 Å². The van der Waals surface area contributed by atoms with E-state index in [0.29, 0.717) is 0 Å². The van der Waals surface area contributed by atoms with Gasteiger partial charge in [0.15, 0.2) is 0 Å². The molecule has 0 aliphatic heterocycles. The fourth-order valence-electron chi connectivity index (χ4n) is 1.18. The summed E-state index contributed by atoms with van der Waals surface area (Å²) in [5.41, 5.74) is 0.176. The Morgan fingerprint density at radius 3 is 2.16 bits per heavy atom. The molecule has 0 aromatic carbocycles. The van der Waals surface area contributed by atoms with Crippen LogP contribution in [-0.4, -0.2) is 23.1 Å². The van der Waals surface area contributed by atoms with Crippen LogP contribution in [0.15, 0.2) is 24.8 Å². The van der Waals surface area contributed by atoms with Crippen molar-refractivity contribution in [2.75, 3.05) is 0 Å². The van der Waals surface area contributed by atoms with Gasteiger partial charge in [-0.3, -0.25) is 0 Å². The van der Waals surface area contributed by atoms with Crippen LogP contribution in [0.3, 0.4) is 0 Å². The average molecular weight is 270 g/mol. The second-order valence-electron chi connectivity index (χ2n) is 4.25. The Labute approximate surface area is 116 Å². The summed E-state index contributed by atoms with van der Waals surface area (Å²) in [4.78, 5) is 20.5. The molecule has 110 valence electrons. The van der Waals surface area contributed by atoms with Gasteiger partial charge in [0.25, 0.3) is 0 Å². The number of carboxylic acid groups (broad SMARTS) is 1. The Kier molecular flexibility index (Phi) is 13.4. The first-order chi connectivity index (χ1) is 8.88. The van der Waals surface area contributed by atoms with Crippen molar-refractivity contribution >= 4 is 11.9 Å². The summed E-state index contributed by atoms with van der Waals surface area (Å²) in [5.74, 6) is -1.24. The van der Waals surface area contributed by atoms with E-state index in [4.69, 9.17) is 9.84 Å². The SMILES string of the molecule is C=C(C)C(=O)O.C=CC(=O)OC(CC)CCCCC. The average Bonchev–Trinajstić information content (AvgIpc) is 2.38. The number of carboxylic acids is 1. The Morgan fingerprint density at radius 2 is 1.84 bits per heavy atom. The third kappa shape index (κ3) is 14.4. The predicted octanol–water partition coefficient (Wildman–Crippen LogP) is 3.72. The van der Waals surface area contributed by atoms with E-state index in [0.717, 1.165) is 19.3 Å². The number of esters is 1. The van der Waals surface area contributed by atoms with Crippen molar-refractivity contribution in [2.24, 2.45) is 0 Å². The highest BCUT2D eigenvalue weighted by molar-refractivity contribution is 5.84. The maximum absolute atomic E-state index is 10.9. The summed E-state index contributed by atoms with van der Waals surface area (Å²) in [6.45, 7) is 12.2. The van der Waals surface area contributed by atoms with Crippen molar-refractivity contribution in [3.8, 4) is 0 Å². The number of rotatable bonds is 8. The molecular weight excluding hydrogens is 244 g/mol. The summed E-state index contributed by atoms with van der Waals surface area (Å²) in [7, 11) is 0. The molecule has 0 aliphatic carbocycles. The minimum atomic E-state index is -0.935. The van der Waals surface area contributed by atoms with Crippen LogP contribution in [-0.2, 0) is 14.3 Å². The van der Waals surface area contributed by atoms with Crippen molar-refractivity contribution in [1.29, 1.82) is 0 Å². The third-order valence-corrected chi connectivity index (χ3v) is 2.40. The van der Waals surface area contributed by atoms with Gasteiger partial charge in [0.1, 0.15) is 6.10 Å². The molecule has 0 rings (SSSR count). The van der Waals surface area contributed by atoms with Gasteiger partial charge in [0.05, 0.1) is 0 Å². The zero-order valence-electron chi connectivity index (χ0n) is 12.3. The van der Waals surface area contributed by atoms with Crippen LogP contribution in [0.25, 0.3) is 0 Å². The van der Waals surface area contributed by atoms with Crippen LogP contribution in [0.1, 0.15) is 52.9 Å². The normalized spacial score (nSPS) is 10.7. The molecule has 0 aromatic rings. The number of hydrogen-bond donors (Lipinski definition) is 1. The molecule has 0 spiro atoms. The van der Waals surface area contributed by atoms with Gasteiger partial charge < -0.3 is 9.84 Å². The maximum Gasteiger partial charge on any atom is 0.330 e. The van der Waals surface area contributed by atoms with Crippen molar-refractivity contribution in [3.05, 3.63) is 24.8 Å². The molecule has 0 bridgehead atoms. The van der Waals surface area contributed by atoms with E-state index in [2.05, 4.69) is 20.1 Å². The van der Waals surface area contributed by atoms with Gasteiger partial charge in [0.2, 0.25) is 0 Å². The van der Waals surface area contributed by atoms with Crippen LogP contribution in [0.2, 0.25) is 0 Å². The second kappa shape index (κ2) is 12.9. The zero-order chi connectivity index (χ0) is 15.3. The van der Waals surface area contributed by atoms with Crippen LogP contribution in [0, 0.1) is 0 Å². The first kappa shape index (κ1) is 19.8. The summed E-state index contributed by atoms with van der Waals surface area (Å²) in [6, 6.07) is 0. The molecule has 0 aromatic heterocycles. The van der Waals surface area contributed by atoms with Gasteiger partial charge in [0, 0.05) is 11.6 Å². The number of carbonyl (C=O) groups excluding carboxylic acids is 1. The van der Waals surface area contributed by atoms with Crippen LogP contribution >= 0.6 is 0 Å². The lowest BCUT2D eigenvalue weighted by Gasteiger charge is -2.14. The van der Waals surface area contributed by atoms with E-state index in [1.54, 1.807) is 0 Å².